The smallest absolute Gasteiger partial charge is 0.195 e. The van der Waals surface area contributed by atoms with Crippen molar-refractivity contribution in [1.82, 2.24) is 0 Å². The Kier molecular flexibility index (Phi) is 3.24. The standard InChI is InChI=1S/C13H9BrFNO/c14-9-3-1-8(2-4-9)13(17)11-6-5-10(16)7-12(11)15/h1-7H,16H2. The maximum Gasteiger partial charge on any atom is 0.195 e. The lowest BCUT2D eigenvalue weighted by molar-refractivity contribution is 0.103. The van der Waals surface area contributed by atoms with Crippen molar-refractivity contribution < 1.29 is 9.18 Å². The molecule has 0 aliphatic heterocycles. The van der Waals surface area contributed by atoms with Gasteiger partial charge in [-0.3, -0.25) is 4.79 Å². The van der Waals surface area contributed by atoms with Crippen LogP contribution in [0, 0.1) is 5.82 Å². The molecule has 4 heteroatoms. The first kappa shape index (κ1) is 11.8. The van der Waals surface area contributed by atoms with Gasteiger partial charge in [0.25, 0.3) is 0 Å². The summed E-state index contributed by atoms with van der Waals surface area (Å²) in [6, 6.07) is 10.8. The van der Waals surface area contributed by atoms with Crippen LogP contribution in [-0.2, 0) is 0 Å². The molecule has 0 aromatic heterocycles. The molecule has 0 spiro atoms. The molecule has 86 valence electrons. The monoisotopic (exact) mass is 293 g/mol. The molecule has 0 fully saturated rings. The van der Waals surface area contributed by atoms with Gasteiger partial charge in [-0.2, -0.15) is 0 Å². The Morgan fingerprint density at radius 3 is 2.35 bits per heavy atom. The van der Waals surface area contributed by atoms with Crippen molar-refractivity contribution in [2.24, 2.45) is 0 Å². The molecule has 0 radical (unpaired) electrons. The van der Waals surface area contributed by atoms with Crippen LogP contribution in [0.3, 0.4) is 0 Å². The zero-order chi connectivity index (χ0) is 12.4. The van der Waals surface area contributed by atoms with E-state index in [0.29, 0.717) is 11.3 Å². The summed E-state index contributed by atoms with van der Waals surface area (Å²) in [6.45, 7) is 0. The minimum absolute atomic E-state index is 0.0292. The Morgan fingerprint density at radius 2 is 1.76 bits per heavy atom. The van der Waals surface area contributed by atoms with Crippen molar-refractivity contribution in [3.8, 4) is 0 Å². The van der Waals surface area contributed by atoms with Crippen molar-refractivity contribution >= 4 is 27.4 Å². The molecule has 0 saturated carbocycles. The van der Waals surface area contributed by atoms with E-state index in [1.807, 2.05) is 0 Å². The summed E-state index contributed by atoms with van der Waals surface area (Å²) in [6.07, 6.45) is 0. The first-order chi connectivity index (χ1) is 8.08. The average molecular weight is 294 g/mol. The van der Waals surface area contributed by atoms with Crippen molar-refractivity contribution in [1.29, 1.82) is 0 Å². The van der Waals surface area contributed by atoms with E-state index in [1.165, 1.54) is 12.1 Å². The Hall–Kier alpha value is -1.68. The van der Waals surface area contributed by atoms with Crippen LogP contribution in [0.25, 0.3) is 0 Å². The van der Waals surface area contributed by atoms with Crippen molar-refractivity contribution in [2.45, 2.75) is 0 Å². The van der Waals surface area contributed by atoms with Gasteiger partial charge in [-0.15, -0.1) is 0 Å². The first-order valence-electron chi connectivity index (χ1n) is 4.93. The minimum atomic E-state index is -0.599. The van der Waals surface area contributed by atoms with E-state index in [9.17, 15) is 9.18 Å². The van der Waals surface area contributed by atoms with Crippen LogP contribution in [0.2, 0.25) is 0 Å². The fraction of sp³-hybridized carbons (Fsp3) is 0. The first-order valence-corrected chi connectivity index (χ1v) is 5.72. The average Bonchev–Trinajstić information content (AvgIpc) is 2.29. The van der Waals surface area contributed by atoms with Gasteiger partial charge >= 0.3 is 0 Å². The third kappa shape index (κ3) is 2.53. The molecule has 2 nitrogen and oxygen atoms in total. The number of rotatable bonds is 2. The zero-order valence-corrected chi connectivity index (χ0v) is 10.4. The largest absolute Gasteiger partial charge is 0.399 e. The highest BCUT2D eigenvalue weighted by Crippen LogP contribution is 2.18. The number of ketones is 1. The van der Waals surface area contributed by atoms with Gasteiger partial charge in [0.15, 0.2) is 5.78 Å². The second-order valence-electron chi connectivity index (χ2n) is 3.58. The number of hydrogen-bond donors (Lipinski definition) is 1. The summed E-state index contributed by atoms with van der Waals surface area (Å²) in [5.41, 5.74) is 6.20. The Balaban J connectivity index is 2.40. The van der Waals surface area contributed by atoms with Crippen LogP contribution in [0.15, 0.2) is 46.9 Å². The number of carbonyl (C=O) groups excluding carboxylic acids is 1. The van der Waals surface area contributed by atoms with E-state index >= 15 is 0 Å². The molecule has 0 bridgehead atoms. The van der Waals surface area contributed by atoms with E-state index in [4.69, 9.17) is 5.73 Å². The molecule has 2 aromatic carbocycles. The quantitative estimate of drug-likeness (QED) is 0.681. The van der Waals surface area contributed by atoms with Crippen LogP contribution in [0.1, 0.15) is 15.9 Å². The number of nitrogens with two attached hydrogens (primary N) is 1. The number of halogens is 2. The lowest BCUT2D eigenvalue weighted by atomic mass is 10.0. The molecule has 0 amide bonds. The maximum absolute atomic E-state index is 13.6. The van der Waals surface area contributed by atoms with Crippen molar-refractivity contribution in [2.75, 3.05) is 5.73 Å². The molecule has 0 aliphatic carbocycles. The molecule has 2 rings (SSSR count). The lowest BCUT2D eigenvalue weighted by Crippen LogP contribution is -2.04. The second-order valence-corrected chi connectivity index (χ2v) is 4.49. The predicted molar refractivity (Wildman–Crippen MR) is 68.4 cm³/mol. The SMILES string of the molecule is Nc1ccc(C(=O)c2ccc(Br)cc2)c(F)c1. The predicted octanol–water partition coefficient (Wildman–Crippen LogP) is 3.40. The third-order valence-corrected chi connectivity index (χ3v) is 2.87. The van der Waals surface area contributed by atoms with Gasteiger partial charge in [0.05, 0.1) is 5.56 Å². The lowest BCUT2D eigenvalue weighted by Gasteiger charge is -2.03. The van der Waals surface area contributed by atoms with Gasteiger partial charge in [-0.05, 0) is 42.5 Å². The zero-order valence-electron chi connectivity index (χ0n) is 8.78. The molecular weight excluding hydrogens is 285 g/mol. The fourth-order valence-corrected chi connectivity index (χ4v) is 1.74. The Labute approximate surface area is 106 Å². The number of nitrogen functional groups attached to an aromatic ring is 1. The van der Waals surface area contributed by atoms with Crippen LogP contribution >= 0.6 is 15.9 Å². The molecule has 2 aromatic rings. The molecule has 0 aliphatic rings. The van der Waals surface area contributed by atoms with Gasteiger partial charge in [0.1, 0.15) is 5.82 Å². The molecule has 17 heavy (non-hydrogen) atoms. The van der Waals surface area contributed by atoms with Gasteiger partial charge in [0, 0.05) is 15.7 Å². The van der Waals surface area contributed by atoms with Crippen LogP contribution < -0.4 is 5.73 Å². The topological polar surface area (TPSA) is 43.1 Å². The summed E-state index contributed by atoms with van der Waals surface area (Å²) in [4.78, 5) is 12.0. The molecule has 0 atom stereocenters. The highest BCUT2D eigenvalue weighted by Gasteiger charge is 2.13. The van der Waals surface area contributed by atoms with Crippen LogP contribution in [0.5, 0.6) is 0 Å². The van der Waals surface area contributed by atoms with Crippen LogP contribution in [0.4, 0.5) is 10.1 Å². The minimum Gasteiger partial charge on any atom is -0.399 e. The van der Waals surface area contributed by atoms with Crippen molar-refractivity contribution in [3.05, 3.63) is 63.9 Å². The third-order valence-electron chi connectivity index (χ3n) is 2.34. The van der Waals surface area contributed by atoms with E-state index in [-0.39, 0.29) is 11.3 Å². The molecule has 0 saturated heterocycles. The normalized spacial score (nSPS) is 10.2. The number of carbonyl (C=O) groups is 1. The fourth-order valence-electron chi connectivity index (χ4n) is 1.47. The number of hydrogen-bond acceptors (Lipinski definition) is 2. The van der Waals surface area contributed by atoms with Gasteiger partial charge in [-0.1, -0.05) is 15.9 Å². The van der Waals surface area contributed by atoms with Crippen LogP contribution in [-0.4, -0.2) is 5.78 Å². The summed E-state index contributed by atoms with van der Waals surface area (Å²) in [7, 11) is 0. The van der Waals surface area contributed by atoms with Crippen molar-refractivity contribution in [3.63, 3.8) is 0 Å². The van der Waals surface area contributed by atoms with Gasteiger partial charge < -0.3 is 5.73 Å². The highest BCUT2D eigenvalue weighted by molar-refractivity contribution is 9.10. The maximum atomic E-state index is 13.6. The highest BCUT2D eigenvalue weighted by atomic mass is 79.9. The summed E-state index contributed by atoms with van der Waals surface area (Å²) < 4.78 is 14.4. The molecular formula is C13H9BrFNO. The summed E-state index contributed by atoms with van der Waals surface area (Å²) in [5, 5.41) is 0. The van der Waals surface area contributed by atoms with E-state index in [1.54, 1.807) is 24.3 Å². The summed E-state index contributed by atoms with van der Waals surface area (Å²) >= 11 is 3.27. The van der Waals surface area contributed by atoms with E-state index in [0.717, 1.165) is 10.5 Å². The Bertz CT molecular complexity index is 566. The van der Waals surface area contributed by atoms with E-state index in [2.05, 4.69) is 15.9 Å². The number of anilines is 1. The molecule has 2 N–H and O–H groups in total. The molecule has 0 heterocycles. The van der Waals surface area contributed by atoms with E-state index < -0.39 is 5.82 Å². The Morgan fingerprint density at radius 1 is 1.12 bits per heavy atom. The van der Waals surface area contributed by atoms with Gasteiger partial charge in [-0.25, -0.2) is 4.39 Å². The summed E-state index contributed by atoms with van der Waals surface area (Å²) in [5.74, 6) is -0.951. The number of benzene rings is 2. The second kappa shape index (κ2) is 4.67. The molecule has 0 unspecified atom stereocenters. The van der Waals surface area contributed by atoms with Gasteiger partial charge in [0.2, 0.25) is 0 Å².